The van der Waals surface area contributed by atoms with Gasteiger partial charge in [-0.3, -0.25) is 19.5 Å². The number of benzene rings is 3. The topological polar surface area (TPSA) is 80.1 Å². The van der Waals surface area contributed by atoms with Crippen molar-refractivity contribution >= 4 is 41.0 Å². The van der Waals surface area contributed by atoms with Gasteiger partial charge in [0, 0.05) is 17.3 Å². The monoisotopic (exact) mass is 593 g/mol. The fourth-order valence-corrected chi connectivity index (χ4v) is 6.51. The summed E-state index contributed by atoms with van der Waals surface area (Å²) >= 11 is 8.26. The average molecular weight is 594 g/mol. The van der Waals surface area contributed by atoms with Crippen molar-refractivity contribution in [2.75, 3.05) is 17.2 Å². The number of halogens is 1. The summed E-state index contributed by atoms with van der Waals surface area (Å²) in [7, 11) is 0. The second kappa shape index (κ2) is 12.2. The molecule has 1 aliphatic rings. The van der Waals surface area contributed by atoms with Gasteiger partial charge in [0.2, 0.25) is 11.8 Å². The van der Waals surface area contributed by atoms with Crippen LogP contribution in [0.1, 0.15) is 27.6 Å². The highest BCUT2D eigenvalue weighted by Gasteiger charge is 2.38. The number of rotatable bonds is 7. The fourth-order valence-electron chi connectivity index (χ4n) is 5.11. The van der Waals surface area contributed by atoms with Gasteiger partial charge < -0.3 is 5.32 Å². The Morgan fingerprint density at radius 2 is 1.79 bits per heavy atom. The molecule has 1 atom stereocenters. The Morgan fingerprint density at radius 3 is 2.55 bits per heavy atom. The molecule has 0 saturated carbocycles. The first-order valence-electron chi connectivity index (χ1n) is 13.6. The summed E-state index contributed by atoms with van der Waals surface area (Å²) in [6.07, 6.45) is 1.68. The lowest BCUT2D eigenvalue weighted by Gasteiger charge is -2.23. The zero-order valence-electron chi connectivity index (χ0n) is 22.9. The maximum absolute atomic E-state index is 13.9. The molecule has 0 fully saturated rings. The highest BCUT2D eigenvalue weighted by Crippen LogP contribution is 2.49. The van der Waals surface area contributed by atoms with Gasteiger partial charge in [0.1, 0.15) is 12.4 Å². The van der Waals surface area contributed by atoms with Crippen molar-refractivity contribution in [3.05, 3.63) is 131 Å². The Labute approximate surface area is 253 Å². The number of fused-ring (bicyclic) bond motifs is 1. The zero-order chi connectivity index (χ0) is 29.1. The van der Waals surface area contributed by atoms with Crippen molar-refractivity contribution in [1.82, 2.24) is 20.1 Å². The van der Waals surface area contributed by atoms with Crippen LogP contribution in [-0.4, -0.2) is 38.9 Å². The summed E-state index contributed by atoms with van der Waals surface area (Å²) in [5.74, 6) is 0.248. The molecule has 5 aromatic rings. The Morgan fingerprint density at radius 1 is 1.00 bits per heavy atom. The van der Waals surface area contributed by atoms with Gasteiger partial charge in [-0.2, -0.15) is 5.10 Å². The number of amides is 2. The lowest BCUT2D eigenvalue weighted by atomic mass is 9.98. The highest BCUT2D eigenvalue weighted by molar-refractivity contribution is 8.00. The fraction of sp³-hybridized carbons (Fsp3) is 0.152. The zero-order valence-corrected chi connectivity index (χ0v) is 24.5. The minimum absolute atomic E-state index is 0.176. The molecule has 7 nitrogen and oxygen atoms in total. The number of nitrogens with one attached hydrogen (secondary N) is 1. The Kier molecular flexibility index (Phi) is 8.08. The summed E-state index contributed by atoms with van der Waals surface area (Å²) in [4.78, 5) is 33.1. The third-order valence-electron chi connectivity index (χ3n) is 7.06. The molecule has 0 aliphatic carbocycles. The molecule has 6 rings (SSSR count). The molecule has 9 heteroatoms. The summed E-state index contributed by atoms with van der Waals surface area (Å²) in [6, 6.07) is 31.2. The van der Waals surface area contributed by atoms with Crippen molar-refractivity contribution in [3.8, 4) is 16.9 Å². The molecule has 2 amide bonds. The van der Waals surface area contributed by atoms with E-state index in [1.807, 2.05) is 72.8 Å². The van der Waals surface area contributed by atoms with Crippen LogP contribution in [0.15, 0.2) is 103 Å². The van der Waals surface area contributed by atoms with E-state index in [9.17, 15) is 9.59 Å². The number of nitrogens with zero attached hydrogens (tertiary/aromatic N) is 4. The molecule has 0 bridgehead atoms. The molecular formula is C33H28ClN5O2S. The minimum Gasteiger partial charge on any atom is -0.349 e. The van der Waals surface area contributed by atoms with Crippen molar-refractivity contribution in [2.24, 2.45) is 0 Å². The van der Waals surface area contributed by atoms with Crippen molar-refractivity contribution in [2.45, 2.75) is 18.7 Å². The molecule has 210 valence electrons. The predicted octanol–water partition coefficient (Wildman–Crippen LogP) is 6.38. The van der Waals surface area contributed by atoms with E-state index in [-0.39, 0.29) is 35.9 Å². The predicted molar refractivity (Wildman–Crippen MR) is 168 cm³/mol. The van der Waals surface area contributed by atoms with E-state index in [4.69, 9.17) is 16.7 Å². The maximum Gasteiger partial charge on any atom is 0.240 e. The van der Waals surface area contributed by atoms with Crippen LogP contribution >= 0.6 is 23.4 Å². The quantitative estimate of drug-likeness (QED) is 0.237. The van der Waals surface area contributed by atoms with Crippen LogP contribution in [0, 0.1) is 6.92 Å². The first-order chi connectivity index (χ1) is 20.5. The summed E-state index contributed by atoms with van der Waals surface area (Å²) in [5.41, 5.74) is 6.04. The third kappa shape index (κ3) is 5.68. The summed E-state index contributed by atoms with van der Waals surface area (Å²) < 4.78 is 1.72. The molecule has 3 heterocycles. The standard InChI is InChI=1S/C33H28ClN5O2S/c1-22-10-9-13-24(18-22)32-30-31(23-11-3-2-4-12-23)37-39(27-16-6-5-15-26(27)34)33(30)38(29(41)21-42-32)20-28(40)36-19-25-14-7-8-17-35-25/h2-18,32H,19-21H2,1H3,(H,36,40). The maximum atomic E-state index is 13.9. The van der Waals surface area contributed by atoms with Gasteiger partial charge in [-0.05, 0) is 36.8 Å². The average Bonchev–Trinajstić information content (AvgIpc) is 3.33. The smallest absolute Gasteiger partial charge is 0.240 e. The molecule has 42 heavy (non-hydrogen) atoms. The van der Waals surface area contributed by atoms with Gasteiger partial charge >= 0.3 is 0 Å². The van der Waals surface area contributed by atoms with Gasteiger partial charge in [0.15, 0.2) is 0 Å². The van der Waals surface area contributed by atoms with E-state index in [1.54, 1.807) is 33.6 Å². The number of carbonyl (C=O) groups excluding carboxylic acids is 2. The number of carbonyl (C=O) groups is 2. The van der Waals surface area contributed by atoms with Gasteiger partial charge in [-0.15, -0.1) is 11.8 Å². The SMILES string of the molecule is Cc1cccc(C2SCC(=O)N(CC(=O)NCc3ccccn3)c3c2c(-c2ccccc2)nn3-c2ccccc2Cl)c1. The van der Waals surface area contributed by atoms with Crippen LogP contribution < -0.4 is 10.2 Å². The van der Waals surface area contributed by atoms with E-state index < -0.39 is 0 Å². The van der Waals surface area contributed by atoms with Crippen LogP contribution in [0.25, 0.3) is 16.9 Å². The molecule has 1 aliphatic heterocycles. The number of para-hydroxylation sites is 1. The van der Waals surface area contributed by atoms with E-state index in [1.165, 1.54) is 0 Å². The normalized spacial score (nSPS) is 14.8. The van der Waals surface area contributed by atoms with Crippen LogP contribution in [0.4, 0.5) is 5.82 Å². The van der Waals surface area contributed by atoms with E-state index in [0.29, 0.717) is 16.5 Å². The van der Waals surface area contributed by atoms with Gasteiger partial charge in [0.25, 0.3) is 0 Å². The van der Waals surface area contributed by atoms with Crippen molar-refractivity contribution < 1.29 is 9.59 Å². The number of aryl methyl sites for hydroxylation is 1. The van der Waals surface area contributed by atoms with Crippen molar-refractivity contribution in [3.63, 3.8) is 0 Å². The second-order valence-corrected chi connectivity index (χ2v) is 11.5. The number of hydrogen-bond donors (Lipinski definition) is 1. The number of aromatic nitrogens is 3. The molecule has 1 N–H and O–H groups in total. The number of thioether (sulfide) groups is 1. The third-order valence-corrected chi connectivity index (χ3v) is 8.63. The van der Waals surface area contributed by atoms with E-state index >= 15 is 0 Å². The van der Waals surface area contributed by atoms with Gasteiger partial charge in [0.05, 0.1) is 39.6 Å². The minimum atomic E-state index is -0.299. The summed E-state index contributed by atoms with van der Waals surface area (Å²) in [5, 5.41) is 8.29. The lowest BCUT2D eigenvalue weighted by molar-refractivity contribution is -0.123. The van der Waals surface area contributed by atoms with Crippen LogP contribution in [0.2, 0.25) is 5.02 Å². The highest BCUT2D eigenvalue weighted by atomic mass is 35.5. The van der Waals surface area contributed by atoms with Crippen LogP contribution in [-0.2, 0) is 16.1 Å². The lowest BCUT2D eigenvalue weighted by Crippen LogP contribution is -2.42. The Hall–Kier alpha value is -4.40. The number of hydrogen-bond acceptors (Lipinski definition) is 5. The number of anilines is 1. The summed E-state index contributed by atoms with van der Waals surface area (Å²) in [6.45, 7) is 2.14. The van der Waals surface area contributed by atoms with Gasteiger partial charge in [-0.25, -0.2) is 4.68 Å². The first-order valence-corrected chi connectivity index (χ1v) is 15.0. The Balaban J connectivity index is 1.53. The van der Waals surface area contributed by atoms with Gasteiger partial charge in [-0.1, -0.05) is 90.0 Å². The van der Waals surface area contributed by atoms with Crippen LogP contribution in [0.3, 0.4) is 0 Å². The molecule has 0 radical (unpaired) electrons. The first kappa shape index (κ1) is 27.8. The van der Waals surface area contributed by atoms with Crippen molar-refractivity contribution in [1.29, 1.82) is 0 Å². The molecule has 2 aromatic heterocycles. The molecule has 1 unspecified atom stereocenters. The number of pyridine rings is 1. The molecule has 3 aromatic carbocycles. The molecule has 0 saturated heterocycles. The molecule has 0 spiro atoms. The Bertz CT molecular complexity index is 1740. The van der Waals surface area contributed by atoms with E-state index in [2.05, 4.69) is 35.4 Å². The van der Waals surface area contributed by atoms with E-state index in [0.717, 1.165) is 33.6 Å². The largest absolute Gasteiger partial charge is 0.349 e. The second-order valence-electron chi connectivity index (χ2n) is 10.00. The molecular weight excluding hydrogens is 566 g/mol. The van der Waals surface area contributed by atoms with Crippen LogP contribution in [0.5, 0.6) is 0 Å².